The van der Waals surface area contributed by atoms with E-state index in [1.807, 2.05) is 0 Å². The highest BCUT2D eigenvalue weighted by Crippen LogP contribution is 2.43. The van der Waals surface area contributed by atoms with Gasteiger partial charge in [0.1, 0.15) is 11.7 Å². The molecule has 2 rings (SSSR count). The van der Waals surface area contributed by atoms with Gasteiger partial charge in [0.2, 0.25) is 0 Å². The van der Waals surface area contributed by atoms with E-state index in [0.717, 1.165) is 0 Å². The number of ether oxygens (including phenoxy) is 3. The van der Waals surface area contributed by atoms with Crippen molar-refractivity contribution in [2.45, 2.75) is 64.7 Å². The molecule has 0 unspecified atom stereocenters. The van der Waals surface area contributed by atoms with Crippen molar-refractivity contribution < 1.29 is 33.4 Å². The third-order valence-electron chi connectivity index (χ3n) is 4.16. The highest BCUT2D eigenvalue weighted by atomic mass is 16.7. The van der Waals surface area contributed by atoms with Crippen molar-refractivity contribution in [3.8, 4) is 0 Å². The minimum absolute atomic E-state index is 0.0292. The SMILES string of the molecule is CCOC(=O)C1=NO[C@@H]2CC[C@](NC(=O)OC(C)(C)C)(C(=O)OCC)[C@H]12. The van der Waals surface area contributed by atoms with Crippen LogP contribution in [-0.2, 0) is 28.6 Å². The third-order valence-corrected chi connectivity index (χ3v) is 4.16. The first kappa shape index (κ1) is 20.0. The van der Waals surface area contributed by atoms with Gasteiger partial charge in [-0.2, -0.15) is 0 Å². The normalized spacial score (nSPS) is 27.0. The van der Waals surface area contributed by atoms with E-state index < -0.39 is 41.2 Å². The fraction of sp³-hybridized carbons (Fsp3) is 0.765. The van der Waals surface area contributed by atoms with Crippen molar-refractivity contribution in [2.75, 3.05) is 13.2 Å². The molecule has 0 aromatic rings. The molecule has 1 amide bonds. The molecule has 1 saturated carbocycles. The number of hydrogen-bond donors (Lipinski definition) is 1. The molecule has 0 saturated heterocycles. The van der Waals surface area contributed by atoms with Gasteiger partial charge in [-0.05, 0) is 47.5 Å². The number of rotatable bonds is 5. The summed E-state index contributed by atoms with van der Waals surface area (Å²) in [6.45, 7) is 8.75. The van der Waals surface area contributed by atoms with E-state index >= 15 is 0 Å². The summed E-state index contributed by atoms with van der Waals surface area (Å²) in [5.74, 6) is -2.13. The van der Waals surface area contributed by atoms with Crippen LogP contribution in [-0.4, -0.2) is 54.2 Å². The number of nitrogens with zero attached hydrogens (tertiary/aromatic N) is 1. The van der Waals surface area contributed by atoms with Crippen LogP contribution in [0.3, 0.4) is 0 Å². The van der Waals surface area contributed by atoms with E-state index in [0.29, 0.717) is 6.42 Å². The van der Waals surface area contributed by atoms with Crippen LogP contribution in [0.15, 0.2) is 5.16 Å². The molecule has 1 N–H and O–H groups in total. The largest absolute Gasteiger partial charge is 0.464 e. The Bertz CT molecular complexity index is 611. The lowest BCUT2D eigenvalue weighted by Crippen LogP contribution is -2.61. The Morgan fingerprint density at radius 1 is 1.23 bits per heavy atom. The number of carbonyl (C=O) groups excluding carboxylic acids is 3. The van der Waals surface area contributed by atoms with Crippen LogP contribution in [0.2, 0.25) is 0 Å². The summed E-state index contributed by atoms with van der Waals surface area (Å²) in [6.07, 6.45) is -0.639. The van der Waals surface area contributed by atoms with Gasteiger partial charge in [0.25, 0.3) is 0 Å². The van der Waals surface area contributed by atoms with Crippen molar-refractivity contribution in [1.29, 1.82) is 0 Å². The number of hydrogen-bond acceptors (Lipinski definition) is 8. The van der Waals surface area contributed by atoms with E-state index in [4.69, 9.17) is 19.0 Å². The molecule has 0 aromatic heterocycles. The van der Waals surface area contributed by atoms with Crippen molar-refractivity contribution in [1.82, 2.24) is 5.32 Å². The number of fused-ring (bicyclic) bond motifs is 1. The summed E-state index contributed by atoms with van der Waals surface area (Å²) in [6, 6.07) is 0. The van der Waals surface area contributed by atoms with Crippen LogP contribution in [0.1, 0.15) is 47.5 Å². The molecule has 1 fully saturated rings. The van der Waals surface area contributed by atoms with E-state index in [9.17, 15) is 14.4 Å². The molecule has 0 bridgehead atoms. The molecule has 0 radical (unpaired) electrons. The van der Waals surface area contributed by atoms with E-state index in [1.54, 1.807) is 34.6 Å². The van der Waals surface area contributed by atoms with Gasteiger partial charge in [-0.3, -0.25) is 0 Å². The maximum Gasteiger partial charge on any atom is 0.408 e. The van der Waals surface area contributed by atoms with E-state index in [-0.39, 0.29) is 25.3 Å². The first-order valence-corrected chi connectivity index (χ1v) is 8.73. The fourth-order valence-electron chi connectivity index (χ4n) is 3.25. The van der Waals surface area contributed by atoms with Crippen molar-refractivity contribution in [3.05, 3.63) is 0 Å². The molecule has 9 heteroatoms. The number of carbonyl (C=O) groups is 3. The highest BCUT2D eigenvalue weighted by Gasteiger charge is 2.63. The number of alkyl carbamates (subject to hydrolysis) is 1. The minimum Gasteiger partial charge on any atom is -0.464 e. The molecule has 9 nitrogen and oxygen atoms in total. The maximum absolute atomic E-state index is 12.8. The van der Waals surface area contributed by atoms with Gasteiger partial charge in [-0.25, -0.2) is 14.4 Å². The van der Waals surface area contributed by atoms with E-state index in [2.05, 4.69) is 10.5 Å². The lowest BCUT2D eigenvalue weighted by molar-refractivity contribution is -0.152. The minimum atomic E-state index is -1.49. The van der Waals surface area contributed by atoms with Crippen LogP contribution in [0, 0.1) is 5.92 Å². The van der Waals surface area contributed by atoms with Crippen LogP contribution in [0.4, 0.5) is 4.79 Å². The predicted molar refractivity (Wildman–Crippen MR) is 90.4 cm³/mol. The Balaban J connectivity index is 2.34. The van der Waals surface area contributed by atoms with Gasteiger partial charge in [-0.1, -0.05) is 5.16 Å². The quantitative estimate of drug-likeness (QED) is 0.577. The summed E-state index contributed by atoms with van der Waals surface area (Å²) >= 11 is 0. The molecular formula is C17H26N2O7. The molecule has 0 spiro atoms. The standard InChI is InChI=1S/C17H26N2O7/c1-6-23-13(20)12-11-10(26-19-12)8-9-17(11,14(21)24-7-2)18-15(22)25-16(3,4)5/h10-11H,6-9H2,1-5H3,(H,18,22)/t10-,11+,17-/m1/s1. The second-order valence-electron chi connectivity index (χ2n) is 7.18. The zero-order chi connectivity index (χ0) is 19.5. The van der Waals surface area contributed by atoms with Gasteiger partial charge in [0.15, 0.2) is 11.3 Å². The monoisotopic (exact) mass is 370 g/mol. The lowest BCUT2D eigenvalue weighted by atomic mass is 9.82. The van der Waals surface area contributed by atoms with Gasteiger partial charge in [0.05, 0.1) is 19.1 Å². The number of amides is 1. The summed E-state index contributed by atoms with van der Waals surface area (Å²) in [4.78, 5) is 42.7. The second-order valence-corrected chi connectivity index (χ2v) is 7.18. The van der Waals surface area contributed by atoms with Gasteiger partial charge in [0, 0.05) is 0 Å². The Morgan fingerprint density at radius 2 is 1.88 bits per heavy atom. The number of oxime groups is 1. The number of nitrogens with one attached hydrogen (secondary N) is 1. The van der Waals surface area contributed by atoms with Crippen LogP contribution in [0.25, 0.3) is 0 Å². The molecule has 26 heavy (non-hydrogen) atoms. The molecule has 1 heterocycles. The summed E-state index contributed by atoms with van der Waals surface area (Å²) in [7, 11) is 0. The Hall–Kier alpha value is -2.32. The van der Waals surface area contributed by atoms with Crippen LogP contribution < -0.4 is 5.32 Å². The highest BCUT2D eigenvalue weighted by molar-refractivity contribution is 6.38. The summed E-state index contributed by atoms with van der Waals surface area (Å²) in [5, 5.41) is 6.43. The van der Waals surface area contributed by atoms with Gasteiger partial charge in [-0.15, -0.1) is 0 Å². The molecule has 146 valence electrons. The maximum atomic E-state index is 12.8. The summed E-state index contributed by atoms with van der Waals surface area (Å²) < 4.78 is 15.5. The molecular weight excluding hydrogens is 344 g/mol. The Labute approximate surface area is 152 Å². The topological polar surface area (TPSA) is 113 Å². The van der Waals surface area contributed by atoms with Crippen LogP contribution in [0.5, 0.6) is 0 Å². The molecule has 0 aromatic carbocycles. The smallest absolute Gasteiger partial charge is 0.408 e. The zero-order valence-electron chi connectivity index (χ0n) is 15.8. The Kier molecular flexibility index (Phi) is 5.77. The average molecular weight is 370 g/mol. The predicted octanol–water partition coefficient (Wildman–Crippen LogP) is 1.54. The summed E-state index contributed by atoms with van der Waals surface area (Å²) in [5.41, 5.74) is -2.27. The fourth-order valence-corrected chi connectivity index (χ4v) is 3.25. The average Bonchev–Trinajstić information content (AvgIpc) is 3.08. The second kappa shape index (κ2) is 7.51. The third kappa shape index (κ3) is 3.91. The van der Waals surface area contributed by atoms with Crippen molar-refractivity contribution in [3.63, 3.8) is 0 Å². The molecule has 2 aliphatic rings. The molecule has 1 aliphatic carbocycles. The van der Waals surface area contributed by atoms with Crippen LogP contribution >= 0.6 is 0 Å². The van der Waals surface area contributed by atoms with Gasteiger partial charge >= 0.3 is 18.0 Å². The van der Waals surface area contributed by atoms with Crippen molar-refractivity contribution in [2.24, 2.45) is 11.1 Å². The van der Waals surface area contributed by atoms with Gasteiger partial charge < -0.3 is 24.4 Å². The first-order valence-electron chi connectivity index (χ1n) is 8.73. The van der Waals surface area contributed by atoms with Crippen molar-refractivity contribution >= 4 is 23.7 Å². The van der Waals surface area contributed by atoms with E-state index in [1.165, 1.54) is 0 Å². The number of esters is 2. The Morgan fingerprint density at radius 3 is 2.46 bits per heavy atom. The zero-order valence-corrected chi connectivity index (χ0v) is 15.8. The lowest BCUT2D eigenvalue weighted by Gasteiger charge is -2.33. The first-order chi connectivity index (χ1) is 12.1. The molecule has 3 atom stereocenters. The molecule has 1 aliphatic heterocycles.